The van der Waals surface area contributed by atoms with Crippen molar-refractivity contribution in [1.82, 2.24) is 14.1 Å². The lowest BCUT2D eigenvalue weighted by Gasteiger charge is -2.34. The van der Waals surface area contributed by atoms with E-state index in [9.17, 15) is 13.2 Å². The van der Waals surface area contributed by atoms with Gasteiger partial charge in [0.05, 0.1) is 24.2 Å². The van der Waals surface area contributed by atoms with Crippen LogP contribution in [-0.4, -0.2) is 68.2 Å². The Morgan fingerprint density at radius 2 is 1.79 bits per heavy atom. The summed E-state index contributed by atoms with van der Waals surface area (Å²) in [5.41, 5.74) is 1.14. The van der Waals surface area contributed by atoms with E-state index in [0.717, 1.165) is 24.2 Å². The molecule has 0 spiro atoms. The lowest BCUT2D eigenvalue weighted by molar-refractivity contribution is -0.133. The first kappa shape index (κ1) is 21.5. The van der Waals surface area contributed by atoms with Gasteiger partial charge in [-0.1, -0.05) is 25.5 Å². The smallest absolute Gasteiger partial charge is 0.243 e. The number of benzene rings is 1. The first-order chi connectivity index (χ1) is 13.9. The molecule has 1 aliphatic heterocycles. The van der Waals surface area contributed by atoms with Crippen molar-refractivity contribution >= 4 is 15.9 Å². The van der Waals surface area contributed by atoms with Gasteiger partial charge in [-0.25, -0.2) is 8.42 Å². The van der Waals surface area contributed by atoms with Crippen LogP contribution in [0.2, 0.25) is 0 Å². The van der Waals surface area contributed by atoms with Gasteiger partial charge in [-0.15, -0.1) is 0 Å². The van der Waals surface area contributed by atoms with Crippen LogP contribution in [-0.2, 0) is 27.8 Å². The third kappa shape index (κ3) is 5.46. The number of furan rings is 1. The van der Waals surface area contributed by atoms with E-state index in [1.807, 2.05) is 36.2 Å². The highest BCUT2D eigenvalue weighted by molar-refractivity contribution is 7.89. The summed E-state index contributed by atoms with van der Waals surface area (Å²) in [4.78, 5) is 16.5. The van der Waals surface area contributed by atoms with Crippen LogP contribution in [0.15, 0.2) is 52.0 Å². The molecule has 0 N–H and O–H groups in total. The van der Waals surface area contributed by atoms with Crippen molar-refractivity contribution in [1.29, 1.82) is 0 Å². The Morgan fingerprint density at radius 3 is 2.38 bits per heavy atom. The molecule has 0 aliphatic carbocycles. The van der Waals surface area contributed by atoms with E-state index in [4.69, 9.17) is 4.42 Å². The number of nitrogens with zero attached hydrogens (tertiary/aromatic N) is 3. The summed E-state index contributed by atoms with van der Waals surface area (Å²) < 4.78 is 32.6. The molecule has 1 fully saturated rings. The van der Waals surface area contributed by atoms with Crippen molar-refractivity contribution in [2.24, 2.45) is 0 Å². The summed E-state index contributed by atoms with van der Waals surface area (Å²) in [7, 11) is -1.66. The average Bonchev–Trinajstić information content (AvgIpc) is 3.21. The van der Waals surface area contributed by atoms with E-state index in [-0.39, 0.29) is 12.5 Å². The fraction of sp³-hybridized carbons (Fsp3) is 0.476. The molecule has 0 radical (unpaired) electrons. The number of hydrogen-bond acceptors (Lipinski definition) is 5. The van der Waals surface area contributed by atoms with Crippen LogP contribution >= 0.6 is 0 Å². The number of piperazine rings is 1. The van der Waals surface area contributed by atoms with Crippen LogP contribution in [0.25, 0.3) is 0 Å². The van der Waals surface area contributed by atoms with Gasteiger partial charge in [0.25, 0.3) is 0 Å². The molecule has 29 heavy (non-hydrogen) atoms. The third-order valence-corrected chi connectivity index (χ3v) is 7.02. The minimum absolute atomic E-state index is 0.0000209. The summed E-state index contributed by atoms with van der Waals surface area (Å²) in [6, 6.07) is 10.8. The summed E-state index contributed by atoms with van der Waals surface area (Å²) in [5.74, 6) is 0.807. The Hall–Kier alpha value is -2.16. The topological polar surface area (TPSA) is 74.1 Å². The minimum Gasteiger partial charge on any atom is -0.468 e. The zero-order chi connectivity index (χ0) is 20.9. The normalized spacial score (nSPS) is 15.8. The van der Waals surface area contributed by atoms with Crippen LogP contribution in [0.1, 0.15) is 24.7 Å². The van der Waals surface area contributed by atoms with Crippen LogP contribution in [0, 0.1) is 0 Å². The predicted molar refractivity (Wildman–Crippen MR) is 111 cm³/mol. The van der Waals surface area contributed by atoms with Crippen LogP contribution in [0.4, 0.5) is 0 Å². The van der Waals surface area contributed by atoms with Crippen LogP contribution in [0.5, 0.6) is 0 Å². The fourth-order valence-corrected chi connectivity index (χ4v) is 4.92. The highest BCUT2D eigenvalue weighted by Crippen LogP contribution is 2.19. The molecule has 7 nitrogen and oxygen atoms in total. The second-order valence-electron chi connectivity index (χ2n) is 7.43. The predicted octanol–water partition coefficient (Wildman–Crippen LogP) is 2.20. The van der Waals surface area contributed by atoms with E-state index in [2.05, 4.69) is 6.92 Å². The van der Waals surface area contributed by atoms with Gasteiger partial charge in [-0.3, -0.25) is 9.69 Å². The van der Waals surface area contributed by atoms with Gasteiger partial charge in [-0.05, 0) is 43.3 Å². The molecule has 1 aliphatic rings. The van der Waals surface area contributed by atoms with Crippen molar-refractivity contribution in [3.05, 3.63) is 54.0 Å². The zero-order valence-corrected chi connectivity index (χ0v) is 17.9. The van der Waals surface area contributed by atoms with Gasteiger partial charge < -0.3 is 9.32 Å². The summed E-state index contributed by atoms with van der Waals surface area (Å²) in [6.07, 6.45) is 3.58. The Labute approximate surface area is 172 Å². The molecule has 2 aromatic rings. The number of aryl methyl sites for hydroxylation is 1. The maximum atomic E-state index is 12.9. The lowest BCUT2D eigenvalue weighted by Crippen LogP contribution is -2.52. The molecule has 1 saturated heterocycles. The quantitative estimate of drug-likeness (QED) is 0.656. The zero-order valence-electron chi connectivity index (χ0n) is 17.1. The Morgan fingerprint density at radius 1 is 1.10 bits per heavy atom. The molecular formula is C21H29N3O4S. The van der Waals surface area contributed by atoms with Gasteiger partial charge in [0, 0.05) is 26.2 Å². The Balaban J connectivity index is 1.53. The fourth-order valence-electron chi connectivity index (χ4n) is 3.50. The lowest BCUT2D eigenvalue weighted by atomic mass is 10.1. The summed E-state index contributed by atoms with van der Waals surface area (Å²) >= 11 is 0. The minimum atomic E-state index is -3.53. The van der Waals surface area contributed by atoms with E-state index >= 15 is 0 Å². The van der Waals surface area contributed by atoms with Crippen molar-refractivity contribution in [2.45, 2.75) is 31.2 Å². The Bertz CT molecular complexity index is 887. The van der Waals surface area contributed by atoms with Crippen molar-refractivity contribution in [3.8, 4) is 0 Å². The summed E-state index contributed by atoms with van der Waals surface area (Å²) in [6.45, 7) is 4.36. The first-order valence-electron chi connectivity index (χ1n) is 9.98. The van der Waals surface area contributed by atoms with Gasteiger partial charge in [-0.2, -0.15) is 4.31 Å². The van der Waals surface area contributed by atoms with Crippen molar-refractivity contribution in [3.63, 3.8) is 0 Å². The number of rotatable bonds is 8. The molecule has 1 aromatic carbocycles. The molecule has 0 bridgehead atoms. The van der Waals surface area contributed by atoms with Gasteiger partial charge >= 0.3 is 0 Å². The Kier molecular flexibility index (Phi) is 7.10. The number of likely N-dealkylation sites (N-methyl/N-ethyl adjacent to an activating group) is 1. The van der Waals surface area contributed by atoms with E-state index < -0.39 is 10.0 Å². The van der Waals surface area contributed by atoms with Crippen molar-refractivity contribution < 1.29 is 17.6 Å². The number of sulfonamides is 1. The van der Waals surface area contributed by atoms with Crippen molar-refractivity contribution in [2.75, 3.05) is 39.8 Å². The number of carbonyl (C=O) groups excluding carboxylic acids is 1. The molecule has 3 rings (SSSR count). The monoisotopic (exact) mass is 419 g/mol. The highest BCUT2D eigenvalue weighted by Gasteiger charge is 2.30. The maximum absolute atomic E-state index is 12.9. The second kappa shape index (κ2) is 9.56. The largest absolute Gasteiger partial charge is 0.468 e. The molecular weight excluding hydrogens is 390 g/mol. The second-order valence-corrected chi connectivity index (χ2v) is 9.37. The number of hydrogen-bond donors (Lipinski definition) is 0. The van der Waals surface area contributed by atoms with Gasteiger partial charge in [0.15, 0.2) is 0 Å². The number of amides is 1. The first-order valence-corrected chi connectivity index (χ1v) is 11.4. The SMILES string of the molecule is CCCc1ccc(S(=O)(=O)N2CCN(C(=O)CN(C)Cc3ccco3)CC2)cc1. The molecule has 0 saturated carbocycles. The van der Waals surface area contributed by atoms with Gasteiger partial charge in [0.2, 0.25) is 15.9 Å². The van der Waals surface area contributed by atoms with E-state index in [1.165, 1.54) is 4.31 Å². The third-order valence-electron chi connectivity index (χ3n) is 5.10. The molecule has 8 heteroatoms. The van der Waals surface area contributed by atoms with Crippen LogP contribution < -0.4 is 0 Å². The van der Waals surface area contributed by atoms with Crippen LogP contribution in [0.3, 0.4) is 0 Å². The molecule has 0 unspecified atom stereocenters. The van der Waals surface area contributed by atoms with E-state index in [0.29, 0.717) is 37.6 Å². The standard InChI is InChI=1S/C21H29N3O4S/c1-3-5-18-7-9-20(10-8-18)29(26,27)24-13-11-23(12-14-24)21(25)17-22(2)16-19-6-4-15-28-19/h4,6-10,15H,3,5,11-14,16-17H2,1-2H3. The maximum Gasteiger partial charge on any atom is 0.243 e. The summed E-state index contributed by atoms with van der Waals surface area (Å²) in [5, 5.41) is 0. The highest BCUT2D eigenvalue weighted by atomic mass is 32.2. The molecule has 158 valence electrons. The van der Waals surface area contributed by atoms with E-state index in [1.54, 1.807) is 23.3 Å². The van der Waals surface area contributed by atoms with Gasteiger partial charge in [0.1, 0.15) is 5.76 Å². The average molecular weight is 420 g/mol. The molecule has 2 heterocycles. The molecule has 0 atom stereocenters. The molecule has 1 amide bonds. The molecule has 1 aromatic heterocycles. The number of carbonyl (C=O) groups is 1.